The van der Waals surface area contributed by atoms with E-state index in [2.05, 4.69) is 14.6 Å². The fourth-order valence-corrected chi connectivity index (χ4v) is 0.546. The third-order valence-electron chi connectivity index (χ3n) is 1.12. The molecule has 0 saturated carbocycles. The van der Waals surface area contributed by atoms with Gasteiger partial charge in [0.2, 0.25) is 12.4 Å². The molecular formula is C6H8BF3NO4+. The van der Waals surface area contributed by atoms with Gasteiger partial charge < -0.3 is 0 Å². The van der Waals surface area contributed by atoms with Crippen molar-refractivity contribution >= 4 is 7.32 Å². The third-order valence-corrected chi connectivity index (χ3v) is 1.12. The lowest BCUT2D eigenvalue weighted by atomic mass is 10.3. The molecule has 1 rings (SSSR count). The van der Waals surface area contributed by atoms with Crippen molar-refractivity contribution in [3.8, 4) is 0 Å². The molecule has 9 heteroatoms. The molecule has 84 valence electrons. The van der Waals surface area contributed by atoms with Gasteiger partial charge in [-0.1, -0.05) is 19.6 Å². The summed E-state index contributed by atoms with van der Waals surface area (Å²) >= 11 is 0. The normalized spacial score (nSPS) is 8.80. The predicted octanol–water partition coefficient (Wildman–Crippen LogP) is 0.707. The standard InChI is InChI=1S/C6H8NO.BF3O3/c1-8-7-5-3-2-4-6-7;2-5-1(6-3)7-4/h2-6H,1H3;/q+1;. The molecule has 15 heavy (non-hydrogen) atoms. The van der Waals surface area contributed by atoms with E-state index in [0.29, 0.717) is 0 Å². The van der Waals surface area contributed by atoms with Gasteiger partial charge in [0.25, 0.3) is 0 Å². The van der Waals surface area contributed by atoms with Crippen LogP contribution in [0.2, 0.25) is 0 Å². The number of rotatable bonds is 4. The van der Waals surface area contributed by atoms with Gasteiger partial charge in [0.15, 0.2) is 0 Å². The minimum Gasteiger partial charge on any atom is -0.275 e. The molecule has 0 atom stereocenters. The maximum Gasteiger partial charge on any atom is 0.737 e. The Kier molecular flexibility index (Phi) is 8.44. The van der Waals surface area contributed by atoms with Gasteiger partial charge in [0.1, 0.15) is 7.11 Å². The number of halogens is 3. The molecule has 1 aromatic heterocycles. The number of nitrogens with zero attached hydrogens (tertiary/aromatic N) is 1. The maximum absolute atomic E-state index is 10.4. The number of pyridine rings is 1. The second-order valence-corrected chi connectivity index (χ2v) is 1.97. The van der Waals surface area contributed by atoms with Crippen LogP contribution in [0.1, 0.15) is 0 Å². The van der Waals surface area contributed by atoms with Crippen molar-refractivity contribution in [1.29, 1.82) is 0 Å². The summed E-state index contributed by atoms with van der Waals surface area (Å²) in [5.41, 5.74) is 0. The van der Waals surface area contributed by atoms with E-state index in [1.807, 2.05) is 30.6 Å². The van der Waals surface area contributed by atoms with Gasteiger partial charge in [0, 0.05) is 16.9 Å². The number of hydrogen-bond acceptors (Lipinski definition) is 4. The zero-order valence-corrected chi connectivity index (χ0v) is 7.68. The molecule has 0 amide bonds. The Balaban J connectivity index is 0.000000265. The Labute approximate surface area is 83.8 Å². The minimum absolute atomic E-state index is 1.62. The molecule has 0 spiro atoms. The Bertz CT molecular complexity index is 234. The van der Waals surface area contributed by atoms with Crippen LogP contribution in [0.15, 0.2) is 30.6 Å². The van der Waals surface area contributed by atoms with Crippen molar-refractivity contribution < 1.29 is 37.7 Å². The van der Waals surface area contributed by atoms with Gasteiger partial charge in [-0.05, 0) is 0 Å². The summed E-state index contributed by atoms with van der Waals surface area (Å²) in [6.45, 7) is 0. The van der Waals surface area contributed by atoms with Crippen LogP contribution in [0.4, 0.5) is 13.6 Å². The van der Waals surface area contributed by atoms with E-state index in [4.69, 9.17) is 4.84 Å². The lowest BCUT2D eigenvalue weighted by Gasteiger charge is -1.88. The first-order valence-corrected chi connectivity index (χ1v) is 3.61. The quantitative estimate of drug-likeness (QED) is 0.559. The van der Waals surface area contributed by atoms with Crippen LogP contribution < -0.4 is 9.57 Å². The Morgan fingerprint density at radius 2 is 1.40 bits per heavy atom. The first-order valence-electron chi connectivity index (χ1n) is 3.61. The molecule has 1 heterocycles. The Morgan fingerprint density at radius 3 is 1.60 bits per heavy atom. The summed E-state index contributed by atoms with van der Waals surface area (Å²) in [4.78, 5) is 11.9. The molecule has 0 aromatic carbocycles. The van der Waals surface area contributed by atoms with E-state index >= 15 is 0 Å². The Morgan fingerprint density at radius 1 is 0.933 bits per heavy atom. The molecule has 0 aliphatic carbocycles. The fourth-order valence-electron chi connectivity index (χ4n) is 0.546. The monoisotopic (exact) mass is 226 g/mol. The average molecular weight is 226 g/mol. The number of aromatic nitrogens is 1. The van der Waals surface area contributed by atoms with Gasteiger partial charge >= 0.3 is 7.32 Å². The second kappa shape index (κ2) is 9.25. The van der Waals surface area contributed by atoms with Crippen LogP contribution in [0.5, 0.6) is 0 Å². The molecule has 5 nitrogen and oxygen atoms in total. The molecular weight excluding hydrogens is 218 g/mol. The highest BCUT2D eigenvalue weighted by atomic mass is 19.3. The molecule has 0 fully saturated rings. The van der Waals surface area contributed by atoms with Crippen molar-refractivity contribution in [1.82, 2.24) is 0 Å². The molecule has 0 aliphatic heterocycles. The van der Waals surface area contributed by atoms with Crippen molar-refractivity contribution in [2.24, 2.45) is 0 Å². The number of hydrogen-bond donors (Lipinski definition) is 0. The molecule has 0 unspecified atom stereocenters. The highest BCUT2D eigenvalue weighted by Gasteiger charge is 2.24. The molecule has 0 saturated heterocycles. The third kappa shape index (κ3) is 6.72. The van der Waals surface area contributed by atoms with Gasteiger partial charge in [-0.15, -0.1) is 0 Å². The summed E-state index contributed by atoms with van der Waals surface area (Å²) in [5, 5.41) is 0. The van der Waals surface area contributed by atoms with Crippen LogP contribution in [0.3, 0.4) is 0 Å². The van der Waals surface area contributed by atoms with Crippen LogP contribution in [-0.4, -0.2) is 14.4 Å². The molecule has 1 aromatic rings. The SMILES string of the molecule is CO[n+]1ccccc1.FOB(OF)OF. The van der Waals surface area contributed by atoms with E-state index in [1.54, 1.807) is 11.8 Å². The van der Waals surface area contributed by atoms with Crippen molar-refractivity contribution in [3.05, 3.63) is 30.6 Å². The first kappa shape index (κ1) is 13.7. The molecule has 0 N–H and O–H groups in total. The van der Waals surface area contributed by atoms with Gasteiger partial charge in [0.05, 0.1) is 0 Å². The molecule has 0 radical (unpaired) electrons. The summed E-state index contributed by atoms with van der Waals surface area (Å²) in [5.74, 6) is 0. The van der Waals surface area contributed by atoms with Crippen molar-refractivity contribution in [2.75, 3.05) is 7.11 Å². The van der Waals surface area contributed by atoms with Gasteiger partial charge in [-0.25, -0.2) is 0 Å². The lowest BCUT2D eigenvalue weighted by Crippen LogP contribution is -2.38. The molecule has 0 bridgehead atoms. The molecule has 0 aliphatic rings. The van der Waals surface area contributed by atoms with Crippen LogP contribution in [-0.2, 0) is 14.6 Å². The lowest BCUT2D eigenvalue weighted by molar-refractivity contribution is -0.885. The average Bonchev–Trinajstić information content (AvgIpc) is 2.33. The topological polar surface area (TPSA) is 40.8 Å². The van der Waals surface area contributed by atoms with E-state index < -0.39 is 7.32 Å². The zero-order valence-electron chi connectivity index (χ0n) is 7.68. The second-order valence-electron chi connectivity index (χ2n) is 1.97. The van der Waals surface area contributed by atoms with E-state index in [-0.39, 0.29) is 0 Å². The van der Waals surface area contributed by atoms with Gasteiger partial charge in [-0.2, -0.15) is 14.6 Å². The first-order chi connectivity index (χ1) is 7.28. The zero-order chi connectivity index (χ0) is 11.5. The van der Waals surface area contributed by atoms with Crippen LogP contribution >= 0.6 is 0 Å². The van der Waals surface area contributed by atoms with Gasteiger partial charge in [-0.3, -0.25) is 4.84 Å². The van der Waals surface area contributed by atoms with E-state index in [0.717, 1.165) is 0 Å². The van der Waals surface area contributed by atoms with E-state index in [1.165, 1.54) is 0 Å². The maximum atomic E-state index is 10.4. The smallest absolute Gasteiger partial charge is 0.275 e. The Hall–Kier alpha value is -1.32. The summed E-state index contributed by atoms with van der Waals surface area (Å²) in [6.07, 6.45) is 3.67. The minimum atomic E-state index is -2.51. The summed E-state index contributed by atoms with van der Waals surface area (Å²) in [6, 6.07) is 5.75. The largest absolute Gasteiger partial charge is 0.737 e. The fraction of sp³-hybridized carbons (Fsp3) is 0.167. The van der Waals surface area contributed by atoms with E-state index in [9.17, 15) is 13.6 Å². The highest BCUT2D eigenvalue weighted by molar-refractivity contribution is 6.35. The summed E-state index contributed by atoms with van der Waals surface area (Å²) < 4.78 is 32.9. The van der Waals surface area contributed by atoms with Crippen molar-refractivity contribution in [2.45, 2.75) is 0 Å². The van der Waals surface area contributed by atoms with Crippen molar-refractivity contribution in [3.63, 3.8) is 0 Å². The summed E-state index contributed by atoms with van der Waals surface area (Å²) in [7, 11) is -0.889. The van der Waals surface area contributed by atoms with Crippen LogP contribution in [0.25, 0.3) is 0 Å². The van der Waals surface area contributed by atoms with Crippen LogP contribution in [0, 0.1) is 0 Å². The predicted molar refractivity (Wildman–Crippen MR) is 41.5 cm³/mol. The highest BCUT2D eigenvalue weighted by Crippen LogP contribution is 1.92.